The average molecular weight is 494 g/mol. The Balaban J connectivity index is 1.43. The van der Waals surface area contributed by atoms with E-state index in [9.17, 15) is 14.4 Å². The summed E-state index contributed by atoms with van der Waals surface area (Å²) in [5, 5.41) is 0. The summed E-state index contributed by atoms with van der Waals surface area (Å²) >= 11 is 9.74. The van der Waals surface area contributed by atoms with Crippen LogP contribution in [0.1, 0.15) is 29.0 Å². The van der Waals surface area contributed by atoms with E-state index < -0.39 is 5.91 Å². The molecule has 0 aliphatic carbocycles. The number of halogens is 1. The predicted octanol–water partition coefficient (Wildman–Crippen LogP) is 3.48. The number of nitrogens with zero attached hydrogens (tertiary/aromatic N) is 1. The van der Waals surface area contributed by atoms with E-state index in [-0.39, 0.29) is 18.2 Å². The van der Waals surface area contributed by atoms with Crippen LogP contribution < -0.4 is 10.9 Å². The molecule has 29 heavy (non-hydrogen) atoms. The van der Waals surface area contributed by atoms with Gasteiger partial charge in [-0.2, -0.15) is 0 Å². The summed E-state index contributed by atoms with van der Waals surface area (Å²) in [5.41, 5.74) is 5.15. The van der Waals surface area contributed by atoms with Crippen LogP contribution in [-0.2, 0) is 9.59 Å². The van der Waals surface area contributed by atoms with Gasteiger partial charge in [0, 0.05) is 29.1 Å². The number of benzene rings is 1. The minimum absolute atomic E-state index is 0.134. The van der Waals surface area contributed by atoms with E-state index in [4.69, 9.17) is 16.6 Å². The van der Waals surface area contributed by atoms with Gasteiger partial charge in [0.25, 0.3) is 11.8 Å². The number of hydrazine groups is 1. The largest absolute Gasteiger partial charge is 0.465 e. The van der Waals surface area contributed by atoms with E-state index in [1.165, 1.54) is 22.9 Å². The Labute approximate surface area is 185 Å². The normalized spacial score (nSPS) is 15.1. The summed E-state index contributed by atoms with van der Waals surface area (Å²) in [4.78, 5) is 38.3. The van der Waals surface area contributed by atoms with Crippen LogP contribution in [-0.4, -0.2) is 33.5 Å². The summed E-state index contributed by atoms with van der Waals surface area (Å²) in [6, 6.07) is 10.2. The highest BCUT2D eigenvalue weighted by Gasteiger charge is 2.31. The van der Waals surface area contributed by atoms with Crippen molar-refractivity contribution in [2.24, 2.45) is 0 Å². The van der Waals surface area contributed by atoms with Gasteiger partial charge in [-0.1, -0.05) is 39.9 Å². The third-order valence-electron chi connectivity index (χ3n) is 3.90. The van der Waals surface area contributed by atoms with E-state index >= 15 is 0 Å². The molecule has 10 heteroatoms. The number of furan rings is 1. The summed E-state index contributed by atoms with van der Waals surface area (Å²) in [7, 11) is 0. The molecule has 1 aromatic heterocycles. The van der Waals surface area contributed by atoms with Crippen LogP contribution in [0, 0.1) is 0 Å². The number of thiocarbonyl (C=S) groups is 1. The molecule has 0 saturated carbocycles. The standard InChI is InChI=1S/C19H16BrN3O4S2/c20-13-7-5-12(6-8-13)17(25)22-21-16(24)4-1-9-23-18(26)15(29-19(23)28)11-14-3-2-10-27-14/h2-3,5-8,10-11H,1,4,9H2,(H,21,24)(H,22,25). The lowest BCUT2D eigenvalue weighted by Crippen LogP contribution is -2.41. The van der Waals surface area contributed by atoms with Gasteiger partial charge < -0.3 is 4.42 Å². The summed E-state index contributed by atoms with van der Waals surface area (Å²) in [6.07, 6.45) is 3.71. The predicted molar refractivity (Wildman–Crippen MR) is 118 cm³/mol. The van der Waals surface area contributed by atoms with Crippen LogP contribution in [0.4, 0.5) is 0 Å². The van der Waals surface area contributed by atoms with Gasteiger partial charge in [0.1, 0.15) is 10.1 Å². The Morgan fingerprint density at radius 2 is 1.97 bits per heavy atom. The highest BCUT2D eigenvalue weighted by Crippen LogP contribution is 2.32. The van der Waals surface area contributed by atoms with Crippen LogP contribution >= 0.6 is 39.9 Å². The molecular formula is C19H16BrN3O4S2. The van der Waals surface area contributed by atoms with E-state index in [1.54, 1.807) is 42.5 Å². The van der Waals surface area contributed by atoms with Gasteiger partial charge in [-0.25, -0.2) is 0 Å². The summed E-state index contributed by atoms with van der Waals surface area (Å²) < 4.78 is 6.51. The molecular weight excluding hydrogens is 478 g/mol. The monoisotopic (exact) mass is 493 g/mol. The smallest absolute Gasteiger partial charge is 0.269 e. The quantitative estimate of drug-likeness (QED) is 0.363. The molecule has 0 bridgehead atoms. The first-order valence-corrected chi connectivity index (χ1v) is 10.6. The van der Waals surface area contributed by atoms with E-state index in [0.717, 1.165) is 4.47 Å². The molecule has 3 rings (SSSR count). The Morgan fingerprint density at radius 3 is 2.66 bits per heavy atom. The lowest BCUT2D eigenvalue weighted by Gasteiger charge is -2.14. The Hall–Kier alpha value is -2.43. The van der Waals surface area contributed by atoms with Gasteiger partial charge in [0.15, 0.2) is 0 Å². The molecule has 1 fully saturated rings. The van der Waals surface area contributed by atoms with Crippen LogP contribution in [0.5, 0.6) is 0 Å². The number of carbonyl (C=O) groups excluding carboxylic acids is 3. The third-order valence-corrected chi connectivity index (χ3v) is 5.80. The second-order valence-corrected chi connectivity index (χ2v) is 8.55. The van der Waals surface area contributed by atoms with Crippen molar-refractivity contribution in [1.82, 2.24) is 15.8 Å². The highest BCUT2D eigenvalue weighted by atomic mass is 79.9. The van der Waals surface area contributed by atoms with E-state index in [2.05, 4.69) is 26.8 Å². The zero-order valence-electron chi connectivity index (χ0n) is 15.0. The molecule has 2 heterocycles. The van der Waals surface area contributed by atoms with Gasteiger partial charge in [-0.3, -0.25) is 30.1 Å². The average Bonchev–Trinajstić information content (AvgIpc) is 3.30. The van der Waals surface area contributed by atoms with Crippen molar-refractivity contribution in [1.29, 1.82) is 0 Å². The van der Waals surface area contributed by atoms with Crippen molar-refractivity contribution >= 4 is 68.0 Å². The Bertz CT molecular complexity index is 958. The van der Waals surface area contributed by atoms with Crippen LogP contribution in [0.25, 0.3) is 6.08 Å². The molecule has 1 aliphatic heterocycles. The van der Waals surface area contributed by atoms with Crippen LogP contribution in [0.3, 0.4) is 0 Å². The number of carbonyl (C=O) groups is 3. The van der Waals surface area contributed by atoms with Gasteiger partial charge >= 0.3 is 0 Å². The number of nitrogens with one attached hydrogen (secondary N) is 2. The molecule has 7 nitrogen and oxygen atoms in total. The number of rotatable bonds is 6. The zero-order chi connectivity index (χ0) is 20.8. The lowest BCUT2D eigenvalue weighted by atomic mass is 10.2. The van der Waals surface area contributed by atoms with Crippen molar-refractivity contribution in [3.63, 3.8) is 0 Å². The number of hydrogen-bond acceptors (Lipinski definition) is 6. The Kier molecular flexibility index (Phi) is 7.24. The third kappa shape index (κ3) is 5.78. The lowest BCUT2D eigenvalue weighted by molar-refractivity contribution is -0.124. The maximum atomic E-state index is 12.5. The number of amides is 3. The van der Waals surface area contributed by atoms with Crippen molar-refractivity contribution < 1.29 is 18.8 Å². The number of thioether (sulfide) groups is 1. The van der Waals surface area contributed by atoms with Crippen molar-refractivity contribution in [3.8, 4) is 0 Å². The maximum absolute atomic E-state index is 12.5. The van der Waals surface area contributed by atoms with Crippen molar-refractivity contribution in [2.45, 2.75) is 12.8 Å². The number of hydrogen-bond donors (Lipinski definition) is 2. The minimum atomic E-state index is -0.411. The molecule has 2 N–H and O–H groups in total. The maximum Gasteiger partial charge on any atom is 0.269 e. The van der Waals surface area contributed by atoms with Crippen LogP contribution in [0.15, 0.2) is 56.5 Å². The first kappa shape index (κ1) is 21.3. The van der Waals surface area contributed by atoms with E-state index in [0.29, 0.717) is 33.5 Å². The molecule has 0 unspecified atom stereocenters. The molecule has 0 atom stereocenters. The minimum Gasteiger partial charge on any atom is -0.465 e. The second kappa shape index (κ2) is 9.86. The van der Waals surface area contributed by atoms with Gasteiger partial charge in [0.2, 0.25) is 5.91 Å². The summed E-state index contributed by atoms with van der Waals surface area (Å²) in [5.74, 6) is -0.398. The highest BCUT2D eigenvalue weighted by molar-refractivity contribution is 9.10. The molecule has 0 radical (unpaired) electrons. The van der Waals surface area contributed by atoms with Gasteiger partial charge in [-0.15, -0.1) is 0 Å². The van der Waals surface area contributed by atoms with E-state index in [1.807, 2.05) is 0 Å². The molecule has 0 spiro atoms. The topological polar surface area (TPSA) is 91.7 Å². The fourth-order valence-corrected chi connectivity index (χ4v) is 4.01. The second-order valence-electron chi connectivity index (χ2n) is 5.96. The van der Waals surface area contributed by atoms with Crippen molar-refractivity contribution in [2.75, 3.05) is 6.54 Å². The SMILES string of the molecule is O=C(CCCN1C(=O)C(=Cc2ccco2)SC1=S)NNC(=O)c1ccc(Br)cc1. The molecule has 1 aromatic carbocycles. The van der Waals surface area contributed by atoms with Crippen molar-refractivity contribution in [3.05, 3.63) is 63.4 Å². The molecule has 150 valence electrons. The molecule has 1 aliphatic rings. The molecule has 2 aromatic rings. The Morgan fingerprint density at radius 1 is 1.21 bits per heavy atom. The fraction of sp³-hybridized carbons (Fsp3) is 0.158. The summed E-state index contributed by atoms with van der Waals surface area (Å²) in [6.45, 7) is 0.314. The fourth-order valence-electron chi connectivity index (χ4n) is 2.46. The van der Waals surface area contributed by atoms with Crippen LogP contribution in [0.2, 0.25) is 0 Å². The first-order valence-electron chi connectivity index (χ1n) is 8.57. The van der Waals surface area contributed by atoms with Gasteiger partial charge in [-0.05, 0) is 42.8 Å². The molecule has 3 amide bonds. The van der Waals surface area contributed by atoms with Gasteiger partial charge in [0.05, 0.1) is 11.2 Å². The molecule has 1 saturated heterocycles. The first-order chi connectivity index (χ1) is 13.9. The zero-order valence-corrected chi connectivity index (χ0v) is 18.2.